The average molecular weight is 653 g/mol. The molecule has 0 saturated carbocycles. The highest BCUT2D eigenvalue weighted by Gasteiger charge is 2.16. The third kappa shape index (κ3) is 7.98. The van der Waals surface area contributed by atoms with Gasteiger partial charge in [-0.25, -0.2) is 9.59 Å². The lowest BCUT2D eigenvalue weighted by Crippen LogP contribution is -2.17. The molecule has 0 aromatic heterocycles. The number of phenolic OH excluding ortho intramolecular Hbond substituents is 2. The number of amides is 2. The summed E-state index contributed by atoms with van der Waals surface area (Å²) in [5.41, 5.74) is 5.02. The Kier molecular flexibility index (Phi) is 9.44. The summed E-state index contributed by atoms with van der Waals surface area (Å²) >= 11 is 0. The van der Waals surface area contributed by atoms with Crippen LogP contribution in [0.4, 0.5) is 21.0 Å². The van der Waals surface area contributed by atoms with Gasteiger partial charge >= 0.3 is 12.2 Å². The molecule has 0 unspecified atom stereocenters. The maximum atomic E-state index is 13.0. The van der Waals surface area contributed by atoms with Crippen LogP contribution >= 0.6 is 0 Å². The molecule has 0 radical (unpaired) electrons. The molecule has 6 aromatic carbocycles. The van der Waals surface area contributed by atoms with E-state index in [-0.39, 0.29) is 11.5 Å². The maximum absolute atomic E-state index is 13.0. The minimum Gasteiger partial charge on any atom is -0.508 e. The summed E-state index contributed by atoms with van der Waals surface area (Å²) < 4.78 is 17.2. The SMILES string of the molecule is Cc1cc(-c2ccc(Oc3ccc(-c4ccc(O)c(C)c4)c(NC(=O)Oc4ccccc4)c3)cc2NC(=O)Oc2ccccc2)ccc1O. The number of nitrogens with one attached hydrogen (secondary N) is 2. The van der Waals surface area contributed by atoms with E-state index >= 15 is 0 Å². The standard InChI is InChI=1S/C40H32N2O7/c1-25-21-27(13-19-37(25)43)33-17-15-31(23-35(33)41-39(45)48-29-9-5-3-6-10-29)47-32-16-18-34(28-14-20-38(44)26(2)22-28)36(24-32)42-40(46)49-30-11-7-4-8-12-30/h3-24,43-44H,1-2H3,(H,41,45)(H,42,46). The van der Waals surface area contributed by atoms with Crippen molar-refractivity contribution in [1.82, 2.24) is 0 Å². The quantitative estimate of drug-likeness (QED) is 0.129. The Labute approximate surface area is 283 Å². The van der Waals surface area contributed by atoms with Crippen LogP contribution in [0.1, 0.15) is 11.1 Å². The molecule has 9 heteroatoms. The number of aromatic hydroxyl groups is 2. The van der Waals surface area contributed by atoms with Crippen molar-refractivity contribution in [3.05, 3.63) is 145 Å². The van der Waals surface area contributed by atoms with Crippen LogP contribution in [0.2, 0.25) is 0 Å². The summed E-state index contributed by atoms with van der Waals surface area (Å²) in [5.74, 6) is 1.85. The fourth-order valence-corrected chi connectivity index (χ4v) is 5.13. The average Bonchev–Trinajstić information content (AvgIpc) is 3.08. The van der Waals surface area contributed by atoms with E-state index in [2.05, 4.69) is 10.6 Å². The second-order valence-electron chi connectivity index (χ2n) is 11.2. The zero-order valence-electron chi connectivity index (χ0n) is 26.6. The largest absolute Gasteiger partial charge is 0.508 e. The Balaban J connectivity index is 1.33. The molecule has 0 saturated heterocycles. The van der Waals surface area contributed by atoms with Gasteiger partial charge in [0.15, 0.2) is 0 Å². The fraction of sp³-hybridized carbons (Fsp3) is 0.0500. The Hall–Kier alpha value is -6.74. The lowest BCUT2D eigenvalue weighted by molar-refractivity contribution is 0.214. The van der Waals surface area contributed by atoms with Gasteiger partial charge in [-0.3, -0.25) is 10.6 Å². The molecule has 0 bridgehead atoms. The number of carbonyl (C=O) groups is 2. The number of benzene rings is 6. The minimum absolute atomic E-state index is 0.157. The van der Waals surface area contributed by atoms with Crippen molar-refractivity contribution in [1.29, 1.82) is 0 Å². The number of carbonyl (C=O) groups excluding carboxylic acids is 2. The topological polar surface area (TPSA) is 126 Å². The summed E-state index contributed by atoms with van der Waals surface area (Å²) in [6.45, 7) is 3.58. The maximum Gasteiger partial charge on any atom is 0.417 e. The van der Waals surface area contributed by atoms with E-state index in [4.69, 9.17) is 14.2 Å². The summed E-state index contributed by atoms with van der Waals surface area (Å²) in [4.78, 5) is 25.9. The van der Waals surface area contributed by atoms with Crippen molar-refractivity contribution in [3.8, 4) is 56.8 Å². The van der Waals surface area contributed by atoms with Crippen LogP contribution in [-0.2, 0) is 0 Å². The normalized spacial score (nSPS) is 10.6. The molecule has 6 rings (SSSR count). The second-order valence-corrected chi connectivity index (χ2v) is 11.2. The van der Waals surface area contributed by atoms with Crippen molar-refractivity contribution in [2.45, 2.75) is 13.8 Å². The van der Waals surface area contributed by atoms with Crippen LogP contribution < -0.4 is 24.8 Å². The number of hydrogen-bond acceptors (Lipinski definition) is 7. The summed E-state index contributed by atoms with van der Waals surface area (Å²) in [6, 6.07) is 38.1. The number of ether oxygens (including phenoxy) is 3. The van der Waals surface area contributed by atoms with Gasteiger partial charge < -0.3 is 24.4 Å². The van der Waals surface area contributed by atoms with Crippen LogP contribution in [-0.4, -0.2) is 22.4 Å². The van der Waals surface area contributed by atoms with Crippen molar-refractivity contribution in [2.75, 3.05) is 10.6 Å². The highest BCUT2D eigenvalue weighted by molar-refractivity contribution is 5.94. The van der Waals surface area contributed by atoms with Gasteiger partial charge in [0.05, 0.1) is 11.4 Å². The number of aryl methyl sites for hydroxylation is 2. The number of hydrogen-bond donors (Lipinski definition) is 4. The molecule has 0 aliphatic heterocycles. The smallest absolute Gasteiger partial charge is 0.417 e. The second kappa shape index (κ2) is 14.4. The van der Waals surface area contributed by atoms with Crippen LogP contribution in [0.15, 0.2) is 133 Å². The van der Waals surface area contributed by atoms with E-state index in [1.54, 1.807) is 123 Å². The van der Waals surface area contributed by atoms with Gasteiger partial charge in [0.25, 0.3) is 0 Å². The minimum atomic E-state index is -0.697. The molecule has 244 valence electrons. The van der Waals surface area contributed by atoms with Crippen LogP contribution in [0, 0.1) is 13.8 Å². The first-order chi connectivity index (χ1) is 23.7. The Morgan fingerprint density at radius 3 is 1.29 bits per heavy atom. The van der Waals surface area contributed by atoms with E-state index in [0.29, 0.717) is 56.6 Å². The molecular weight excluding hydrogens is 620 g/mol. The van der Waals surface area contributed by atoms with E-state index in [0.717, 1.165) is 11.1 Å². The molecule has 0 heterocycles. The molecule has 4 N–H and O–H groups in total. The van der Waals surface area contributed by atoms with Gasteiger partial charge in [0, 0.05) is 23.3 Å². The summed E-state index contributed by atoms with van der Waals surface area (Å²) in [6.07, 6.45) is -1.39. The lowest BCUT2D eigenvalue weighted by atomic mass is 10.0. The third-order valence-electron chi connectivity index (χ3n) is 7.61. The third-order valence-corrected chi connectivity index (χ3v) is 7.61. The van der Waals surface area contributed by atoms with E-state index in [1.807, 2.05) is 24.3 Å². The van der Waals surface area contributed by atoms with Gasteiger partial charge in [-0.2, -0.15) is 0 Å². The van der Waals surface area contributed by atoms with E-state index in [9.17, 15) is 19.8 Å². The molecule has 0 atom stereocenters. The van der Waals surface area contributed by atoms with Gasteiger partial charge in [-0.15, -0.1) is 0 Å². The first-order valence-electron chi connectivity index (χ1n) is 15.4. The Morgan fingerprint density at radius 1 is 0.490 bits per heavy atom. The first-order valence-corrected chi connectivity index (χ1v) is 15.4. The molecule has 9 nitrogen and oxygen atoms in total. The van der Waals surface area contributed by atoms with Gasteiger partial charge in [0.1, 0.15) is 34.5 Å². The molecule has 0 spiro atoms. The van der Waals surface area contributed by atoms with Crippen LogP contribution in [0.25, 0.3) is 22.3 Å². The number of para-hydroxylation sites is 2. The fourth-order valence-electron chi connectivity index (χ4n) is 5.13. The number of anilines is 2. The lowest BCUT2D eigenvalue weighted by Gasteiger charge is -2.17. The number of phenols is 2. The molecule has 2 amide bonds. The predicted molar refractivity (Wildman–Crippen MR) is 189 cm³/mol. The van der Waals surface area contributed by atoms with E-state index < -0.39 is 12.2 Å². The van der Waals surface area contributed by atoms with Crippen LogP contribution in [0.5, 0.6) is 34.5 Å². The molecule has 0 fully saturated rings. The Bertz CT molecular complexity index is 1980. The first kappa shape index (κ1) is 32.2. The van der Waals surface area contributed by atoms with Gasteiger partial charge in [-0.05, 0) is 109 Å². The van der Waals surface area contributed by atoms with Crippen molar-refractivity contribution in [2.24, 2.45) is 0 Å². The van der Waals surface area contributed by atoms with Crippen molar-refractivity contribution in [3.63, 3.8) is 0 Å². The molecule has 0 aliphatic carbocycles. The van der Waals surface area contributed by atoms with E-state index in [1.165, 1.54) is 0 Å². The van der Waals surface area contributed by atoms with Crippen molar-refractivity contribution < 1.29 is 34.0 Å². The van der Waals surface area contributed by atoms with Crippen LogP contribution in [0.3, 0.4) is 0 Å². The molecule has 49 heavy (non-hydrogen) atoms. The monoisotopic (exact) mass is 652 g/mol. The highest BCUT2D eigenvalue weighted by Crippen LogP contribution is 2.38. The Morgan fingerprint density at radius 2 is 0.898 bits per heavy atom. The molecule has 6 aromatic rings. The van der Waals surface area contributed by atoms with Gasteiger partial charge in [0.2, 0.25) is 0 Å². The molecule has 0 aliphatic rings. The zero-order chi connectivity index (χ0) is 34.3. The highest BCUT2D eigenvalue weighted by atomic mass is 16.6. The zero-order valence-corrected chi connectivity index (χ0v) is 26.6. The predicted octanol–water partition coefficient (Wildman–Crippen LogP) is 10.1. The summed E-state index contributed by atoms with van der Waals surface area (Å²) in [5, 5.41) is 25.8. The molecular formula is C40H32N2O7. The van der Waals surface area contributed by atoms with Gasteiger partial charge in [-0.1, -0.05) is 48.5 Å². The summed E-state index contributed by atoms with van der Waals surface area (Å²) in [7, 11) is 0. The van der Waals surface area contributed by atoms with Crippen molar-refractivity contribution >= 4 is 23.6 Å². The number of rotatable bonds is 8.